The minimum Gasteiger partial charge on any atom is -0.478 e. The number of carbonyl (C=O) groups is 2. The van der Waals surface area contributed by atoms with Gasteiger partial charge in [0.15, 0.2) is 0 Å². The molecular formula is C14H25NO4. The molecule has 110 valence electrons. The summed E-state index contributed by atoms with van der Waals surface area (Å²) in [5, 5.41) is 16.4. The van der Waals surface area contributed by atoms with Gasteiger partial charge in [0.25, 0.3) is 0 Å². The van der Waals surface area contributed by atoms with Crippen molar-refractivity contribution in [2.45, 2.75) is 32.6 Å². The summed E-state index contributed by atoms with van der Waals surface area (Å²) in [6.07, 6.45) is 3.74. The van der Waals surface area contributed by atoms with Crippen molar-refractivity contribution in [3.05, 3.63) is 24.3 Å². The van der Waals surface area contributed by atoms with Gasteiger partial charge in [-0.2, -0.15) is 0 Å². The average molecular weight is 271 g/mol. The van der Waals surface area contributed by atoms with Gasteiger partial charge in [-0.3, -0.25) is 0 Å². The Morgan fingerprint density at radius 3 is 1.79 bits per heavy atom. The smallest absolute Gasteiger partial charge is 0.330 e. The molecule has 0 atom stereocenters. The number of rotatable bonds is 8. The van der Waals surface area contributed by atoms with E-state index in [-0.39, 0.29) is 5.57 Å². The summed E-state index contributed by atoms with van der Waals surface area (Å²) in [6.45, 7) is 9.15. The first-order valence-corrected chi connectivity index (χ1v) is 6.13. The second-order valence-electron chi connectivity index (χ2n) is 4.61. The largest absolute Gasteiger partial charge is 0.478 e. The maximum atomic E-state index is 10.4. The van der Waals surface area contributed by atoms with Crippen LogP contribution in [0.4, 0.5) is 0 Å². The molecule has 2 N–H and O–H groups in total. The lowest BCUT2D eigenvalue weighted by Gasteiger charge is -2.08. The van der Waals surface area contributed by atoms with Gasteiger partial charge in [0.2, 0.25) is 0 Å². The van der Waals surface area contributed by atoms with Crippen LogP contribution >= 0.6 is 0 Å². The van der Waals surface area contributed by atoms with Crippen LogP contribution in [-0.4, -0.2) is 47.7 Å². The van der Waals surface area contributed by atoms with Crippen molar-refractivity contribution in [3.63, 3.8) is 0 Å². The Bertz CT molecular complexity index is 309. The molecule has 0 aromatic heterocycles. The van der Waals surface area contributed by atoms with Gasteiger partial charge >= 0.3 is 11.9 Å². The standard InChI is InChI=1S/C10H19NO2.C4H6O2/c1-9(10(12)13)7-5-4-6-8-11(2)3;1-3(2)4(5)6/h1,4-8H2,2-3H3,(H,12,13);1H2,2H3,(H,5,6). The van der Waals surface area contributed by atoms with Crippen LogP contribution in [0, 0.1) is 0 Å². The minimum atomic E-state index is -0.935. The molecule has 0 saturated carbocycles. The molecule has 0 heterocycles. The van der Waals surface area contributed by atoms with Gasteiger partial charge < -0.3 is 15.1 Å². The normalized spacial score (nSPS) is 9.47. The molecule has 0 aliphatic carbocycles. The van der Waals surface area contributed by atoms with E-state index in [0.717, 1.165) is 25.8 Å². The Labute approximate surface area is 115 Å². The maximum absolute atomic E-state index is 10.4. The van der Waals surface area contributed by atoms with E-state index >= 15 is 0 Å². The first-order chi connectivity index (χ1) is 8.68. The van der Waals surface area contributed by atoms with Crippen LogP contribution in [0.5, 0.6) is 0 Å². The van der Waals surface area contributed by atoms with E-state index in [1.807, 2.05) is 14.1 Å². The second-order valence-corrected chi connectivity index (χ2v) is 4.61. The van der Waals surface area contributed by atoms with E-state index in [2.05, 4.69) is 18.1 Å². The number of aliphatic carboxylic acids is 2. The van der Waals surface area contributed by atoms with Crippen molar-refractivity contribution in [1.29, 1.82) is 0 Å². The molecule has 0 fully saturated rings. The highest BCUT2D eigenvalue weighted by atomic mass is 16.4. The molecule has 0 rings (SSSR count). The zero-order valence-corrected chi connectivity index (χ0v) is 12.1. The molecule has 0 bridgehead atoms. The number of unbranched alkanes of at least 4 members (excludes halogenated alkanes) is 2. The summed E-state index contributed by atoms with van der Waals surface area (Å²) in [7, 11) is 4.08. The Balaban J connectivity index is 0. The Kier molecular flexibility index (Phi) is 11.9. The monoisotopic (exact) mass is 271 g/mol. The fraction of sp³-hybridized carbons (Fsp3) is 0.571. The maximum Gasteiger partial charge on any atom is 0.330 e. The van der Waals surface area contributed by atoms with E-state index in [4.69, 9.17) is 10.2 Å². The third kappa shape index (κ3) is 16.4. The number of hydrogen-bond donors (Lipinski definition) is 2. The van der Waals surface area contributed by atoms with Crippen LogP contribution in [0.2, 0.25) is 0 Å². The van der Waals surface area contributed by atoms with Gasteiger partial charge in [0, 0.05) is 11.1 Å². The van der Waals surface area contributed by atoms with Crippen molar-refractivity contribution in [3.8, 4) is 0 Å². The molecule has 0 aromatic carbocycles. The van der Waals surface area contributed by atoms with E-state index in [1.54, 1.807) is 0 Å². The van der Waals surface area contributed by atoms with Gasteiger partial charge in [-0.25, -0.2) is 9.59 Å². The molecule has 0 aromatic rings. The summed E-state index contributed by atoms with van der Waals surface area (Å²) < 4.78 is 0. The lowest BCUT2D eigenvalue weighted by atomic mass is 10.1. The summed E-state index contributed by atoms with van der Waals surface area (Å²) in [4.78, 5) is 22.1. The molecule has 0 aliphatic heterocycles. The van der Waals surface area contributed by atoms with Crippen molar-refractivity contribution in [2.24, 2.45) is 0 Å². The number of nitrogens with zero attached hydrogens (tertiary/aromatic N) is 1. The summed E-state index contributed by atoms with van der Waals surface area (Å²) in [6, 6.07) is 0. The topological polar surface area (TPSA) is 77.8 Å². The average Bonchev–Trinajstić information content (AvgIpc) is 2.28. The van der Waals surface area contributed by atoms with Crippen LogP contribution in [0.15, 0.2) is 24.3 Å². The molecular weight excluding hydrogens is 246 g/mol. The van der Waals surface area contributed by atoms with Gasteiger partial charge in [-0.1, -0.05) is 19.6 Å². The zero-order valence-electron chi connectivity index (χ0n) is 12.1. The molecule has 0 radical (unpaired) electrons. The third-order valence-corrected chi connectivity index (χ3v) is 2.25. The van der Waals surface area contributed by atoms with Gasteiger partial charge in [-0.05, 0) is 46.8 Å². The molecule has 0 saturated heterocycles. The molecule has 0 unspecified atom stereocenters. The van der Waals surface area contributed by atoms with Crippen molar-refractivity contribution >= 4 is 11.9 Å². The van der Waals surface area contributed by atoms with E-state index in [1.165, 1.54) is 6.92 Å². The molecule has 0 amide bonds. The van der Waals surface area contributed by atoms with Crippen molar-refractivity contribution in [1.82, 2.24) is 4.90 Å². The van der Waals surface area contributed by atoms with Crippen LogP contribution in [0.3, 0.4) is 0 Å². The summed E-state index contributed by atoms with van der Waals surface area (Å²) in [5.74, 6) is -1.80. The third-order valence-electron chi connectivity index (χ3n) is 2.25. The van der Waals surface area contributed by atoms with Gasteiger partial charge in [0.05, 0.1) is 0 Å². The zero-order chi connectivity index (χ0) is 15.4. The lowest BCUT2D eigenvalue weighted by molar-refractivity contribution is -0.133. The first kappa shape index (κ1) is 19.7. The van der Waals surface area contributed by atoms with Crippen LogP contribution in [0.25, 0.3) is 0 Å². The Morgan fingerprint density at radius 2 is 1.47 bits per heavy atom. The summed E-state index contributed by atoms with van der Waals surface area (Å²) >= 11 is 0. The van der Waals surface area contributed by atoms with Crippen LogP contribution < -0.4 is 0 Å². The molecule has 0 spiro atoms. The van der Waals surface area contributed by atoms with Crippen molar-refractivity contribution in [2.75, 3.05) is 20.6 Å². The van der Waals surface area contributed by atoms with Crippen LogP contribution in [-0.2, 0) is 9.59 Å². The van der Waals surface area contributed by atoms with E-state index in [9.17, 15) is 9.59 Å². The molecule has 19 heavy (non-hydrogen) atoms. The van der Waals surface area contributed by atoms with Gasteiger partial charge in [-0.15, -0.1) is 0 Å². The van der Waals surface area contributed by atoms with Crippen LogP contribution in [0.1, 0.15) is 32.6 Å². The number of hydrogen-bond acceptors (Lipinski definition) is 3. The fourth-order valence-corrected chi connectivity index (χ4v) is 1.05. The Hall–Kier alpha value is -1.62. The number of carboxylic acids is 2. The summed E-state index contributed by atoms with van der Waals surface area (Å²) in [5.41, 5.74) is 0.500. The van der Waals surface area contributed by atoms with E-state index in [0.29, 0.717) is 12.0 Å². The SMILES string of the molecule is C=C(C)C(=O)O.C=C(CCCCCN(C)C)C(=O)O. The molecule has 0 aliphatic rings. The lowest BCUT2D eigenvalue weighted by Crippen LogP contribution is -2.12. The van der Waals surface area contributed by atoms with Gasteiger partial charge in [0.1, 0.15) is 0 Å². The fourth-order valence-electron chi connectivity index (χ4n) is 1.05. The highest BCUT2D eigenvalue weighted by molar-refractivity contribution is 5.85. The quantitative estimate of drug-likeness (QED) is 0.523. The molecule has 5 heteroatoms. The highest BCUT2D eigenvalue weighted by Crippen LogP contribution is 2.07. The van der Waals surface area contributed by atoms with E-state index < -0.39 is 11.9 Å². The predicted octanol–water partition coefficient (Wildman–Crippen LogP) is 2.40. The second kappa shape index (κ2) is 11.5. The first-order valence-electron chi connectivity index (χ1n) is 6.13. The highest BCUT2D eigenvalue weighted by Gasteiger charge is 2.02. The predicted molar refractivity (Wildman–Crippen MR) is 76.2 cm³/mol. The minimum absolute atomic E-state index is 0.176. The Morgan fingerprint density at radius 1 is 1.00 bits per heavy atom. The molecule has 5 nitrogen and oxygen atoms in total. The number of carboxylic acid groups (broad SMARTS) is 2. The van der Waals surface area contributed by atoms with Crippen molar-refractivity contribution < 1.29 is 19.8 Å².